The summed E-state index contributed by atoms with van der Waals surface area (Å²) < 4.78 is 0. The number of carbonyl (C=O) groups is 2. The molecule has 0 aliphatic heterocycles. The molecule has 2 aromatic rings. The molecule has 0 saturated heterocycles. The molecule has 2 rings (SSSR count). The van der Waals surface area contributed by atoms with Gasteiger partial charge in [0, 0.05) is 25.4 Å². The van der Waals surface area contributed by atoms with Gasteiger partial charge in [-0.25, -0.2) is 4.98 Å². The molecule has 7 heteroatoms. The van der Waals surface area contributed by atoms with Gasteiger partial charge in [-0.05, 0) is 25.6 Å². The first-order valence-electron chi connectivity index (χ1n) is 8.26. The van der Waals surface area contributed by atoms with E-state index in [4.69, 9.17) is 0 Å². The molecule has 0 radical (unpaired) electrons. The van der Waals surface area contributed by atoms with E-state index in [0.29, 0.717) is 24.8 Å². The Kier molecular flexibility index (Phi) is 7.09. The van der Waals surface area contributed by atoms with Crippen LogP contribution in [-0.4, -0.2) is 41.8 Å². The molecule has 1 aromatic carbocycles. The minimum atomic E-state index is -0.0839. The number of likely N-dealkylation sites (N-methyl/N-ethyl adjacent to an activating group) is 1. The molecular weight excluding hydrogens is 336 g/mol. The van der Waals surface area contributed by atoms with Gasteiger partial charge in [0.25, 0.3) is 0 Å². The topological polar surface area (TPSA) is 65.5 Å². The van der Waals surface area contributed by atoms with Crippen molar-refractivity contribution in [1.82, 2.24) is 15.2 Å². The number of amides is 2. The second-order valence-corrected chi connectivity index (χ2v) is 6.67. The van der Waals surface area contributed by atoms with Gasteiger partial charge in [-0.1, -0.05) is 25.1 Å². The molecule has 1 aromatic heterocycles. The number of aromatic nitrogens is 1. The summed E-state index contributed by atoms with van der Waals surface area (Å²) in [6, 6.07) is 9.46. The second-order valence-electron chi connectivity index (χ2n) is 5.83. The zero-order valence-corrected chi connectivity index (χ0v) is 15.7. The third-order valence-corrected chi connectivity index (χ3v) is 4.35. The number of hydrogen-bond donors (Lipinski definition) is 1. The SMILES string of the molecule is CCCNC(=O)CN(C)Cc1csc(N(C(C)=O)c2ccccc2)n1. The first-order valence-corrected chi connectivity index (χ1v) is 9.14. The summed E-state index contributed by atoms with van der Waals surface area (Å²) in [6.45, 7) is 5.11. The van der Waals surface area contributed by atoms with Crippen LogP contribution in [0.4, 0.5) is 10.8 Å². The Morgan fingerprint density at radius 1 is 1.24 bits per heavy atom. The third-order valence-electron chi connectivity index (χ3n) is 3.48. The Labute approximate surface area is 152 Å². The number of nitrogens with zero attached hydrogens (tertiary/aromatic N) is 3. The van der Waals surface area contributed by atoms with Crippen molar-refractivity contribution < 1.29 is 9.59 Å². The van der Waals surface area contributed by atoms with Gasteiger partial charge in [0.1, 0.15) is 0 Å². The molecule has 1 heterocycles. The lowest BCUT2D eigenvalue weighted by atomic mass is 10.3. The number of carbonyl (C=O) groups excluding carboxylic acids is 2. The number of rotatable bonds is 8. The van der Waals surface area contributed by atoms with Crippen LogP contribution in [0.3, 0.4) is 0 Å². The van der Waals surface area contributed by atoms with Crippen molar-refractivity contribution in [2.75, 3.05) is 25.0 Å². The molecule has 0 aliphatic rings. The van der Waals surface area contributed by atoms with Gasteiger partial charge < -0.3 is 5.32 Å². The molecule has 134 valence electrons. The Morgan fingerprint density at radius 2 is 1.96 bits per heavy atom. The van der Waals surface area contributed by atoms with Gasteiger partial charge in [-0.15, -0.1) is 11.3 Å². The quantitative estimate of drug-likeness (QED) is 0.786. The predicted molar refractivity (Wildman–Crippen MR) is 101 cm³/mol. The van der Waals surface area contributed by atoms with Crippen LogP contribution in [0, 0.1) is 0 Å². The van der Waals surface area contributed by atoms with E-state index in [9.17, 15) is 9.59 Å². The highest BCUT2D eigenvalue weighted by molar-refractivity contribution is 7.14. The first-order chi connectivity index (χ1) is 12.0. The molecule has 25 heavy (non-hydrogen) atoms. The average Bonchev–Trinajstić information content (AvgIpc) is 3.01. The highest BCUT2D eigenvalue weighted by Gasteiger charge is 2.18. The van der Waals surface area contributed by atoms with E-state index in [1.54, 1.807) is 4.90 Å². The Hall–Kier alpha value is -2.25. The van der Waals surface area contributed by atoms with Crippen LogP contribution < -0.4 is 10.2 Å². The number of anilines is 2. The van der Waals surface area contributed by atoms with E-state index in [0.717, 1.165) is 17.8 Å². The molecule has 0 bridgehead atoms. The lowest BCUT2D eigenvalue weighted by Gasteiger charge is -2.18. The van der Waals surface area contributed by atoms with E-state index >= 15 is 0 Å². The van der Waals surface area contributed by atoms with Crippen molar-refractivity contribution in [2.24, 2.45) is 0 Å². The molecule has 0 spiro atoms. The molecule has 2 amide bonds. The predicted octanol–water partition coefficient (Wildman–Crippen LogP) is 2.79. The standard InChI is InChI=1S/C18H24N4O2S/c1-4-10-19-17(24)12-21(3)11-15-13-25-18(20-15)22(14(2)23)16-8-6-5-7-9-16/h5-9,13H,4,10-12H2,1-3H3,(H,19,24). The zero-order valence-electron chi connectivity index (χ0n) is 14.9. The summed E-state index contributed by atoms with van der Waals surface area (Å²) in [7, 11) is 1.88. The minimum Gasteiger partial charge on any atom is -0.355 e. The molecule has 0 saturated carbocycles. The zero-order chi connectivity index (χ0) is 18.2. The van der Waals surface area contributed by atoms with Crippen LogP contribution in [0.25, 0.3) is 0 Å². The maximum atomic E-state index is 12.1. The Bertz CT molecular complexity index is 702. The summed E-state index contributed by atoms with van der Waals surface area (Å²) in [5, 5.41) is 5.42. The summed E-state index contributed by atoms with van der Waals surface area (Å²) in [5.41, 5.74) is 1.64. The van der Waals surface area contributed by atoms with Crippen molar-refractivity contribution in [1.29, 1.82) is 0 Å². The van der Waals surface area contributed by atoms with Gasteiger partial charge in [-0.2, -0.15) is 0 Å². The number of nitrogens with one attached hydrogen (secondary N) is 1. The van der Waals surface area contributed by atoms with Crippen LogP contribution in [0.15, 0.2) is 35.7 Å². The number of thiazole rings is 1. The first kappa shape index (κ1) is 19.1. The van der Waals surface area contributed by atoms with Gasteiger partial charge in [-0.3, -0.25) is 19.4 Å². The fourth-order valence-corrected chi connectivity index (χ4v) is 3.25. The molecule has 0 fully saturated rings. The van der Waals surface area contributed by atoms with Gasteiger partial charge in [0.15, 0.2) is 5.13 Å². The highest BCUT2D eigenvalue weighted by atomic mass is 32.1. The summed E-state index contributed by atoms with van der Waals surface area (Å²) in [4.78, 5) is 31.9. The highest BCUT2D eigenvalue weighted by Crippen LogP contribution is 2.28. The summed E-state index contributed by atoms with van der Waals surface area (Å²) in [6.07, 6.45) is 0.922. The van der Waals surface area contributed by atoms with Crippen LogP contribution in [0.1, 0.15) is 26.0 Å². The summed E-state index contributed by atoms with van der Waals surface area (Å²) >= 11 is 1.42. The van der Waals surface area contributed by atoms with E-state index in [1.807, 2.05) is 54.6 Å². The average molecular weight is 360 g/mol. The molecule has 0 unspecified atom stereocenters. The van der Waals surface area contributed by atoms with Gasteiger partial charge in [0.05, 0.1) is 17.9 Å². The minimum absolute atomic E-state index is 0.00875. The fourth-order valence-electron chi connectivity index (χ4n) is 2.37. The number of hydrogen-bond acceptors (Lipinski definition) is 5. The number of para-hydroxylation sites is 1. The lowest BCUT2D eigenvalue weighted by molar-refractivity contribution is -0.122. The number of benzene rings is 1. The molecule has 0 aliphatic carbocycles. The molecular formula is C18H24N4O2S. The van der Waals surface area contributed by atoms with Gasteiger partial charge in [0.2, 0.25) is 11.8 Å². The maximum absolute atomic E-state index is 12.1. The smallest absolute Gasteiger partial charge is 0.234 e. The van der Waals surface area contributed by atoms with E-state index in [1.165, 1.54) is 18.3 Å². The fraction of sp³-hybridized carbons (Fsp3) is 0.389. The van der Waals surface area contributed by atoms with Crippen molar-refractivity contribution in [3.63, 3.8) is 0 Å². The second kappa shape index (κ2) is 9.29. The summed E-state index contributed by atoms with van der Waals surface area (Å²) in [5.74, 6) is -0.0751. The van der Waals surface area contributed by atoms with E-state index in [2.05, 4.69) is 10.3 Å². The third kappa shape index (κ3) is 5.65. The molecule has 6 nitrogen and oxygen atoms in total. The van der Waals surface area contributed by atoms with Crippen LogP contribution >= 0.6 is 11.3 Å². The van der Waals surface area contributed by atoms with Crippen LogP contribution in [-0.2, 0) is 16.1 Å². The maximum Gasteiger partial charge on any atom is 0.234 e. The van der Waals surface area contributed by atoms with Crippen molar-refractivity contribution in [2.45, 2.75) is 26.8 Å². The van der Waals surface area contributed by atoms with E-state index < -0.39 is 0 Å². The Morgan fingerprint density at radius 3 is 2.60 bits per heavy atom. The van der Waals surface area contributed by atoms with Crippen LogP contribution in [0.5, 0.6) is 0 Å². The van der Waals surface area contributed by atoms with E-state index in [-0.39, 0.29) is 11.8 Å². The Balaban J connectivity index is 2.03. The van der Waals surface area contributed by atoms with Crippen molar-refractivity contribution in [3.05, 3.63) is 41.4 Å². The van der Waals surface area contributed by atoms with Crippen LogP contribution in [0.2, 0.25) is 0 Å². The lowest BCUT2D eigenvalue weighted by Crippen LogP contribution is -2.35. The van der Waals surface area contributed by atoms with Gasteiger partial charge >= 0.3 is 0 Å². The largest absolute Gasteiger partial charge is 0.355 e. The normalized spacial score (nSPS) is 10.7. The molecule has 1 N–H and O–H groups in total. The van der Waals surface area contributed by atoms with Crippen molar-refractivity contribution in [3.8, 4) is 0 Å². The molecule has 0 atom stereocenters. The monoisotopic (exact) mass is 360 g/mol. The van der Waals surface area contributed by atoms with Crippen molar-refractivity contribution >= 4 is 34.0 Å².